The molecule has 0 aliphatic heterocycles. The number of hydrogen-bond donors (Lipinski definition) is 0. The predicted molar refractivity (Wildman–Crippen MR) is 112 cm³/mol. The summed E-state index contributed by atoms with van der Waals surface area (Å²) in [6.45, 7) is 0. The minimum absolute atomic E-state index is 1.11. The van der Waals surface area contributed by atoms with E-state index in [-0.39, 0.29) is 0 Å². The van der Waals surface area contributed by atoms with Crippen LogP contribution in [0.2, 0.25) is 0 Å². The van der Waals surface area contributed by atoms with Crippen LogP contribution in [0.5, 0.6) is 0 Å². The quantitative estimate of drug-likeness (QED) is 0.262. The van der Waals surface area contributed by atoms with Crippen LogP contribution in [0.25, 0.3) is 43.4 Å². The Morgan fingerprint density at radius 3 is 1.52 bits per heavy atom. The number of fused-ring (bicyclic) bond motifs is 6. The van der Waals surface area contributed by atoms with Crippen molar-refractivity contribution < 1.29 is 0 Å². The molecule has 0 aliphatic carbocycles. The molecule has 0 N–H and O–H groups in total. The van der Waals surface area contributed by atoms with Crippen LogP contribution in [-0.4, -0.2) is 0 Å². The highest BCUT2D eigenvalue weighted by Crippen LogP contribution is 2.37. The maximum Gasteiger partial charge on any atom is 0.0181 e. The lowest BCUT2D eigenvalue weighted by atomic mass is 9.92. The zero-order valence-corrected chi connectivity index (χ0v) is 15.1. The Morgan fingerprint density at radius 2 is 0.920 bits per heavy atom. The SMILES string of the molecule is Brc1cccc(-c2ccc3c4ccccc4c4ccccc4c3c2)c1. The van der Waals surface area contributed by atoms with Crippen LogP contribution in [0, 0.1) is 0 Å². The van der Waals surface area contributed by atoms with E-state index in [1.54, 1.807) is 0 Å². The second kappa shape index (κ2) is 5.72. The molecule has 0 saturated heterocycles. The van der Waals surface area contributed by atoms with Crippen molar-refractivity contribution >= 4 is 48.2 Å². The van der Waals surface area contributed by atoms with Gasteiger partial charge in [0.2, 0.25) is 0 Å². The number of rotatable bonds is 1. The van der Waals surface area contributed by atoms with E-state index in [4.69, 9.17) is 0 Å². The van der Waals surface area contributed by atoms with Gasteiger partial charge >= 0.3 is 0 Å². The molecule has 0 bridgehead atoms. The van der Waals surface area contributed by atoms with Gasteiger partial charge in [0.1, 0.15) is 0 Å². The van der Waals surface area contributed by atoms with Gasteiger partial charge in [-0.1, -0.05) is 88.7 Å². The van der Waals surface area contributed by atoms with Gasteiger partial charge in [0.15, 0.2) is 0 Å². The molecule has 0 aromatic heterocycles. The summed E-state index contributed by atoms with van der Waals surface area (Å²) in [7, 11) is 0. The van der Waals surface area contributed by atoms with E-state index >= 15 is 0 Å². The number of hydrogen-bond acceptors (Lipinski definition) is 0. The lowest BCUT2D eigenvalue weighted by Crippen LogP contribution is -1.85. The molecule has 0 heterocycles. The first-order chi connectivity index (χ1) is 12.3. The van der Waals surface area contributed by atoms with Gasteiger partial charge in [-0.2, -0.15) is 0 Å². The summed E-state index contributed by atoms with van der Waals surface area (Å²) in [5, 5.41) is 7.89. The molecule has 118 valence electrons. The first kappa shape index (κ1) is 14.7. The summed E-state index contributed by atoms with van der Waals surface area (Å²) in [6, 6.07) is 32.7. The zero-order chi connectivity index (χ0) is 16.8. The Balaban J connectivity index is 1.93. The van der Waals surface area contributed by atoms with Crippen LogP contribution in [0.4, 0.5) is 0 Å². The van der Waals surface area contributed by atoms with Crippen LogP contribution in [0.3, 0.4) is 0 Å². The van der Waals surface area contributed by atoms with Crippen molar-refractivity contribution in [3.63, 3.8) is 0 Å². The molecule has 0 spiro atoms. The molecular weight excluding hydrogens is 368 g/mol. The summed E-state index contributed by atoms with van der Waals surface area (Å²) < 4.78 is 1.11. The maximum absolute atomic E-state index is 3.58. The average Bonchev–Trinajstić information content (AvgIpc) is 2.68. The maximum atomic E-state index is 3.58. The van der Waals surface area contributed by atoms with Crippen LogP contribution in [0.15, 0.2) is 95.5 Å². The van der Waals surface area contributed by atoms with Crippen molar-refractivity contribution in [2.75, 3.05) is 0 Å². The third-order valence-corrected chi connectivity index (χ3v) is 5.40. The van der Waals surface area contributed by atoms with Crippen molar-refractivity contribution in [1.29, 1.82) is 0 Å². The molecule has 1 heteroatoms. The van der Waals surface area contributed by atoms with Crippen molar-refractivity contribution in [3.05, 3.63) is 95.5 Å². The normalized spacial score (nSPS) is 11.4. The second-order valence-electron chi connectivity index (χ2n) is 6.36. The van der Waals surface area contributed by atoms with Crippen molar-refractivity contribution in [1.82, 2.24) is 0 Å². The monoisotopic (exact) mass is 382 g/mol. The zero-order valence-electron chi connectivity index (χ0n) is 13.5. The molecule has 0 amide bonds. The van der Waals surface area contributed by atoms with Crippen LogP contribution < -0.4 is 0 Å². The fraction of sp³-hybridized carbons (Fsp3) is 0. The highest BCUT2D eigenvalue weighted by atomic mass is 79.9. The molecule has 5 aromatic rings. The predicted octanol–water partition coefficient (Wildman–Crippen LogP) is 7.58. The number of halogens is 1. The fourth-order valence-corrected chi connectivity index (χ4v) is 4.15. The molecule has 25 heavy (non-hydrogen) atoms. The fourth-order valence-electron chi connectivity index (χ4n) is 3.76. The Hall–Kier alpha value is -2.64. The minimum Gasteiger partial charge on any atom is -0.0616 e. The van der Waals surface area contributed by atoms with Gasteiger partial charge in [0.25, 0.3) is 0 Å². The van der Waals surface area contributed by atoms with Crippen LogP contribution in [-0.2, 0) is 0 Å². The van der Waals surface area contributed by atoms with Gasteiger partial charge in [0, 0.05) is 4.47 Å². The lowest BCUT2D eigenvalue weighted by molar-refractivity contribution is 1.61. The summed E-state index contributed by atoms with van der Waals surface area (Å²) in [4.78, 5) is 0. The smallest absolute Gasteiger partial charge is 0.0181 e. The van der Waals surface area contributed by atoms with E-state index in [0.29, 0.717) is 0 Å². The van der Waals surface area contributed by atoms with E-state index in [2.05, 4.69) is 107 Å². The Labute approximate surface area is 154 Å². The van der Waals surface area contributed by atoms with Crippen molar-refractivity contribution in [3.8, 4) is 11.1 Å². The molecule has 0 nitrogen and oxygen atoms in total. The largest absolute Gasteiger partial charge is 0.0616 e. The summed E-state index contributed by atoms with van der Waals surface area (Å²) >= 11 is 3.58. The van der Waals surface area contributed by atoms with Crippen molar-refractivity contribution in [2.45, 2.75) is 0 Å². The molecule has 0 radical (unpaired) electrons. The summed E-state index contributed by atoms with van der Waals surface area (Å²) in [5.41, 5.74) is 2.47. The minimum atomic E-state index is 1.11. The van der Waals surface area contributed by atoms with E-state index < -0.39 is 0 Å². The standard InChI is InChI=1S/C24H15Br/c25-18-7-5-6-16(14-18)17-12-13-23-21-10-2-1-8-19(21)20-9-3-4-11-22(20)24(23)15-17/h1-15H. The molecule has 0 unspecified atom stereocenters. The lowest BCUT2D eigenvalue weighted by Gasteiger charge is -2.12. The van der Waals surface area contributed by atoms with Gasteiger partial charge in [-0.3, -0.25) is 0 Å². The summed E-state index contributed by atoms with van der Waals surface area (Å²) in [5.74, 6) is 0. The summed E-state index contributed by atoms with van der Waals surface area (Å²) in [6.07, 6.45) is 0. The van der Waals surface area contributed by atoms with Crippen LogP contribution >= 0.6 is 15.9 Å². The van der Waals surface area contributed by atoms with Crippen molar-refractivity contribution in [2.24, 2.45) is 0 Å². The molecule has 0 fully saturated rings. The van der Waals surface area contributed by atoms with E-state index in [9.17, 15) is 0 Å². The highest BCUT2D eigenvalue weighted by molar-refractivity contribution is 9.10. The van der Waals surface area contributed by atoms with Gasteiger partial charge in [0.05, 0.1) is 0 Å². The second-order valence-corrected chi connectivity index (χ2v) is 7.28. The first-order valence-electron chi connectivity index (χ1n) is 8.40. The number of benzene rings is 5. The molecule has 0 saturated carbocycles. The highest BCUT2D eigenvalue weighted by Gasteiger charge is 2.09. The van der Waals surface area contributed by atoms with Gasteiger partial charge in [-0.15, -0.1) is 0 Å². The molecule has 0 aliphatic rings. The third kappa shape index (κ3) is 2.35. The third-order valence-electron chi connectivity index (χ3n) is 4.90. The van der Waals surface area contributed by atoms with Gasteiger partial charge in [-0.05, 0) is 61.6 Å². The van der Waals surface area contributed by atoms with Gasteiger partial charge < -0.3 is 0 Å². The van der Waals surface area contributed by atoms with Gasteiger partial charge in [-0.25, -0.2) is 0 Å². The Kier molecular flexibility index (Phi) is 3.36. The Bertz CT molecular complexity index is 1220. The molecule has 5 aromatic carbocycles. The first-order valence-corrected chi connectivity index (χ1v) is 9.20. The van der Waals surface area contributed by atoms with E-state index in [0.717, 1.165) is 4.47 Å². The molecular formula is C24H15Br. The van der Waals surface area contributed by atoms with E-state index in [1.807, 2.05) is 0 Å². The molecule has 0 atom stereocenters. The molecule has 5 rings (SSSR count). The van der Waals surface area contributed by atoms with E-state index in [1.165, 1.54) is 43.4 Å². The van der Waals surface area contributed by atoms with Crippen LogP contribution in [0.1, 0.15) is 0 Å². The topological polar surface area (TPSA) is 0 Å². The average molecular weight is 383 g/mol. The Morgan fingerprint density at radius 1 is 0.400 bits per heavy atom.